The van der Waals surface area contributed by atoms with Crippen molar-refractivity contribution in [3.8, 4) is 0 Å². The number of aromatic carboxylic acids is 1. The van der Waals surface area contributed by atoms with Gasteiger partial charge in [-0.05, 0) is 6.07 Å². The normalized spacial score (nSPS) is 12.3. The number of alkyl halides is 6. The summed E-state index contributed by atoms with van der Waals surface area (Å²) in [5.74, 6) is -2.35. The highest BCUT2D eigenvalue weighted by molar-refractivity contribution is 5.94. The average molecular weight is 303 g/mol. The van der Waals surface area contributed by atoms with Crippen LogP contribution in [0.5, 0.6) is 0 Å². The van der Waals surface area contributed by atoms with Crippen molar-refractivity contribution in [1.29, 1.82) is 0 Å². The van der Waals surface area contributed by atoms with E-state index in [1.165, 1.54) is 0 Å². The SMILES string of the molecule is O=C(O)c1c([N+](=O)[O-])cc(C(F)(F)F)cc1C(F)(F)F. The van der Waals surface area contributed by atoms with Crippen LogP contribution in [-0.4, -0.2) is 16.0 Å². The Kier molecular flexibility index (Phi) is 3.66. The first-order valence-electron chi connectivity index (χ1n) is 4.56. The molecule has 11 heteroatoms. The summed E-state index contributed by atoms with van der Waals surface area (Å²) < 4.78 is 74.9. The van der Waals surface area contributed by atoms with E-state index in [1.807, 2.05) is 0 Å². The molecule has 0 aliphatic carbocycles. The van der Waals surface area contributed by atoms with Gasteiger partial charge in [-0.3, -0.25) is 10.1 Å². The van der Waals surface area contributed by atoms with Gasteiger partial charge in [0.05, 0.1) is 16.1 Å². The van der Waals surface area contributed by atoms with Gasteiger partial charge >= 0.3 is 18.3 Å². The fourth-order valence-electron chi connectivity index (χ4n) is 1.38. The number of carboxylic acid groups (broad SMARTS) is 1. The maximum Gasteiger partial charge on any atom is 0.417 e. The van der Waals surface area contributed by atoms with Gasteiger partial charge in [-0.25, -0.2) is 4.79 Å². The molecule has 0 aliphatic rings. The molecule has 0 bridgehead atoms. The number of rotatable bonds is 2. The molecule has 0 aromatic heterocycles. The monoisotopic (exact) mass is 303 g/mol. The lowest BCUT2D eigenvalue weighted by molar-refractivity contribution is -0.385. The lowest BCUT2D eigenvalue weighted by Crippen LogP contribution is -2.18. The van der Waals surface area contributed by atoms with Crippen molar-refractivity contribution in [3.05, 3.63) is 38.9 Å². The Morgan fingerprint density at radius 3 is 1.90 bits per heavy atom. The van der Waals surface area contributed by atoms with E-state index in [9.17, 15) is 41.3 Å². The summed E-state index contributed by atoms with van der Waals surface area (Å²) in [6.45, 7) is 0. The van der Waals surface area contributed by atoms with Gasteiger partial charge in [0.25, 0.3) is 5.69 Å². The van der Waals surface area contributed by atoms with Crippen LogP contribution in [0, 0.1) is 10.1 Å². The van der Waals surface area contributed by atoms with Crippen molar-refractivity contribution in [2.75, 3.05) is 0 Å². The van der Waals surface area contributed by atoms with Gasteiger partial charge in [0.2, 0.25) is 0 Å². The van der Waals surface area contributed by atoms with E-state index in [2.05, 4.69) is 0 Å². The third kappa shape index (κ3) is 2.97. The molecule has 0 aliphatic heterocycles. The third-order valence-corrected chi connectivity index (χ3v) is 2.16. The molecule has 0 spiro atoms. The highest BCUT2D eigenvalue weighted by Crippen LogP contribution is 2.41. The summed E-state index contributed by atoms with van der Waals surface area (Å²) in [4.78, 5) is 19.5. The Hall–Kier alpha value is -2.33. The molecule has 1 aromatic carbocycles. The summed E-state index contributed by atoms with van der Waals surface area (Å²) in [5, 5.41) is 19.1. The fourth-order valence-corrected chi connectivity index (χ4v) is 1.38. The van der Waals surface area contributed by atoms with Crippen molar-refractivity contribution in [3.63, 3.8) is 0 Å². The van der Waals surface area contributed by atoms with E-state index >= 15 is 0 Å². The van der Waals surface area contributed by atoms with Crippen LogP contribution in [0.2, 0.25) is 0 Å². The highest BCUT2D eigenvalue weighted by atomic mass is 19.4. The third-order valence-electron chi connectivity index (χ3n) is 2.16. The van der Waals surface area contributed by atoms with E-state index < -0.39 is 51.7 Å². The molecule has 1 N–H and O–H groups in total. The predicted octanol–water partition coefficient (Wildman–Crippen LogP) is 3.33. The zero-order valence-electron chi connectivity index (χ0n) is 9.04. The van der Waals surface area contributed by atoms with Crippen molar-refractivity contribution in [2.45, 2.75) is 12.4 Å². The minimum atomic E-state index is -5.49. The Morgan fingerprint density at radius 2 is 1.60 bits per heavy atom. The van der Waals surface area contributed by atoms with Crippen molar-refractivity contribution < 1.29 is 41.2 Å². The van der Waals surface area contributed by atoms with Crippen LogP contribution in [-0.2, 0) is 12.4 Å². The zero-order chi connectivity index (χ0) is 15.9. The number of nitro benzene ring substituents is 1. The molecule has 0 saturated heterocycles. The molecule has 0 unspecified atom stereocenters. The Labute approximate surface area is 105 Å². The Bertz CT molecular complexity index is 577. The van der Waals surface area contributed by atoms with E-state index in [0.717, 1.165) is 0 Å². The summed E-state index contributed by atoms with van der Waals surface area (Å²) >= 11 is 0. The molecule has 1 rings (SSSR count). The smallest absolute Gasteiger partial charge is 0.417 e. The minimum Gasteiger partial charge on any atom is -0.477 e. The average Bonchev–Trinajstić information content (AvgIpc) is 2.24. The fraction of sp³-hybridized carbons (Fsp3) is 0.222. The number of carbonyl (C=O) groups is 1. The molecular weight excluding hydrogens is 300 g/mol. The Balaban J connectivity index is 3.83. The van der Waals surface area contributed by atoms with Crippen LogP contribution in [0.3, 0.4) is 0 Å². The molecule has 110 valence electrons. The van der Waals surface area contributed by atoms with E-state index in [-0.39, 0.29) is 6.07 Å². The molecule has 0 radical (unpaired) electrons. The summed E-state index contributed by atoms with van der Waals surface area (Å²) in [7, 11) is 0. The van der Waals surface area contributed by atoms with Crippen LogP contribution in [0.15, 0.2) is 12.1 Å². The van der Waals surface area contributed by atoms with E-state index in [1.54, 1.807) is 0 Å². The largest absolute Gasteiger partial charge is 0.477 e. The number of benzene rings is 1. The highest BCUT2D eigenvalue weighted by Gasteiger charge is 2.43. The van der Waals surface area contributed by atoms with Crippen LogP contribution < -0.4 is 0 Å². The van der Waals surface area contributed by atoms with Gasteiger partial charge in [-0.15, -0.1) is 0 Å². The van der Waals surface area contributed by atoms with E-state index in [4.69, 9.17) is 5.11 Å². The van der Waals surface area contributed by atoms with Gasteiger partial charge in [-0.2, -0.15) is 26.3 Å². The van der Waals surface area contributed by atoms with E-state index in [0.29, 0.717) is 0 Å². The molecule has 20 heavy (non-hydrogen) atoms. The van der Waals surface area contributed by atoms with Crippen LogP contribution in [0.4, 0.5) is 32.0 Å². The van der Waals surface area contributed by atoms with Crippen molar-refractivity contribution >= 4 is 11.7 Å². The second kappa shape index (κ2) is 4.65. The van der Waals surface area contributed by atoms with Gasteiger partial charge in [-0.1, -0.05) is 0 Å². The van der Waals surface area contributed by atoms with Crippen LogP contribution >= 0.6 is 0 Å². The molecule has 5 nitrogen and oxygen atoms in total. The molecule has 0 saturated carbocycles. The number of halogens is 6. The minimum absolute atomic E-state index is 0.251. The molecule has 0 amide bonds. The van der Waals surface area contributed by atoms with Gasteiger partial charge < -0.3 is 5.11 Å². The van der Waals surface area contributed by atoms with Gasteiger partial charge in [0, 0.05) is 6.07 Å². The lowest BCUT2D eigenvalue weighted by atomic mass is 10.0. The van der Waals surface area contributed by atoms with Crippen LogP contribution in [0.25, 0.3) is 0 Å². The van der Waals surface area contributed by atoms with Crippen LogP contribution in [0.1, 0.15) is 21.5 Å². The zero-order valence-corrected chi connectivity index (χ0v) is 9.04. The maximum atomic E-state index is 12.6. The number of hydrogen-bond acceptors (Lipinski definition) is 3. The first-order valence-corrected chi connectivity index (χ1v) is 4.56. The second-order valence-corrected chi connectivity index (χ2v) is 3.48. The molecule has 1 aromatic rings. The predicted molar refractivity (Wildman–Crippen MR) is 50.1 cm³/mol. The molecule has 0 atom stereocenters. The number of nitro groups is 1. The molecule has 0 fully saturated rings. The summed E-state index contributed by atoms with van der Waals surface area (Å²) in [6, 6.07) is -0.727. The second-order valence-electron chi connectivity index (χ2n) is 3.48. The first-order chi connectivity index (χ1) is 8.85. The number of hydrogen-bond donors (Lipinski definition) is 1. The molecular formula is C9H3F6NO4. The maximum absolute atomic E-state index is 12.6. The number of carboxylic acids is 1. The van der Waals surface area contributed by atoms with Gasteiger partial charge in [0.15, 0.2) is 0 Å². The van der Waals surface area contributed by atoms with Crippen molar-refractivity contribution in [1.82, 2.24) is 0 Å². The van der Waals surface area contributed by atoms with Crippen molar-refractivity contribution in [2.24, 2.45) is 0 Å². The quantitative estimate of drug-likeness (QED) is 0.516. The Morgan fingerprint density at radius 1 is 1.10 bits per heavy atom. The summed E-state index contributed by atoms with van der Waals surface area (Å²) in [6.07, 6.45) is -10.8. The molecule has 0 heterocycles. The van der Waals surface area contributed by atoms with Gasteiger partial charge in [0.1, 0.15) is 5.56 Å². The summed E-state index contributed by atoms with van der Waals surface area (Å²) in [5.41, 5.74) is -7.80. The number of nitrogens with zero attached hydrogens (tertiary/aromatic N) is 1. The lowest BCUT2D eigenvalue weighted by Gasteiger charge is -2.14. The standard InChI is InChI=1S/C9H3F6NO4/c10-8(11,12)3-1-4(9(13,14)15)6(7(17)18)5(2-3)16(19)20/h1-2H,(H,17,18). The topological polar surface area (TPSA) is 80.4 Å². The first kappa shape index (κ1) is 15.7.